The van der Waals surface area contributed by atoms with Crippen LogP contribution < -0.4 is 0 Å². The highest BCUT2D eigenvalue weighted by Gasteiger charge is 2.30. The quantitative estimate of drug-likeness (QED) is 0.0222. The van der Waals surface area contributed by atoms with Gasteiger partial charge >= 0.3 is 39.5 Å². The van der Waals surface area contributed by atoms with E-state index in [1.165, 1.54) is 180 Å². The summed E-state index contributed by atoms with van der Waals surface area (Å²) in [5.41, 5.74) is 0. The molecule has 0 saturated heterocycles. The van der Waals surface area contributed by atoms with Crippen molar-refractivity contribution < 1.29 is 80.2 Å². The van der Waals surface area contributed by atoms with Crippen LogP contribution in [-0.2, 0) is 65.4 Å². The average molecular weight is 1370 g/mol. The number of hydrogen-bond donors (Lipinski definition) is 3. The summed E-state index contributed by atoms with van der Waals surface area (Å²) in [5.74, 6) is 0.250. The molecule has 3 unspecified atom stereocenters. The van der Waals surface area contributed by atoms with Gasteiger partial charge in [-0.05, 0) is 43.4 Å². The molecule has 552 valence electrons. The Bertz CT molecular complexity index is 1820. The van der Waals surface area contributed by atoms with Gasteiger partial charge in [-0.15, -0.1) is 0 Å². The molecule has 0 amide bonds. The number of aliphatic hydroxyl groups is 1. The zero-order chi connectivity index (χ0) is 68.7. The number of aliphatic hydroxyl groups excluding tert-OH is 1. The highest BCUT2D eigenvalue weighted by atomic mass is 31.2. The van der Waals surface area contributed by atoms with Crippen molar-refractivity contribution in [1.29, 1.82) is 0 Å². The van der Waals surface area contributed by atoms with Gasteiger partial charge in [0, 0.05) is 25.7 Å². The topological polar surface area (TPSA) is 237 Å². The first-order chi connectivity index (χ1) is 44.8. The van der Waals surface area contributed by atoms with Crippen molar-refractivity contribution in [3.8, 4) is 0 Å². The Morgan fingerprint density at radius 2 is 0.548 bits per heavy atom. The minimum absolute atomic E-state index is 0.105. The number of ether oxygens (including phenoxy) is 4. The van der Waals surface area contributed by atoms with Crippen molar-refractivity contribution in [3.05, 3.63) is 0 Å². The number of carbonyl (C=O) groups excluding carboxylic acids is 4. The predicted octanol–water partition coefficient (Wildman–Crippen LogP) is 21.4. The van der Waals surface area contributed by atoms with Crippen molar-refractivity contribution in [3.63, 3.8) is 0 Å². The van der Waals surface area contributed by atoms with Crippen LogP contribution in [0.5, 0.6) is 0 Å². The van der Waals surface area contributed by atoms with Crippen LogP contribution in [0, 0.1) is 17.8 Å². The Morgan fingerprint density at radius 3 is 0.817 bits per heavy atom. The first kappa shape index (κ1) is 91.1. The number of esters is 4. The maximum atomic E-state index is 13.1. The van der Waals surface area contributed by atoms with E-state index in [0.29, 0.717) is 25.7 Å². The summed E-state index contributed by atoms with van der Waals surface area (Å²) in [4.78, 5) is 72.4. The molecule has 0 aromatic carbocycles. The van der Waals surface area contributed by atoms with Gasteiger partial charge in [-0.2, -0.15) is 0 Å². The van der Waals surface area contributed by atoms with Gasteiger partial charge in [0.2, 0.25) is 0 Å². The van der Waals surface area contributed by atoms with Gasteiger partial charge in [0.15, 0.2) is 12.2 Å². The van der Waals surface area contributed by atoms with Gasteiger partial charge in [-0.25, -0.2) is 9.13 Å². The van der Waals surface area contributed by atoms with E-state index in [4.69, 9.17) is 37.0 Å². The fourth-order valence-electron chi connectivity index (χ4n) is 11.2. The monoisotopic (exact) mass is 1370 g/mol. The zero-order valence-electron chi connectivity index (χ0n) is 60.7. The number of phosphoric acid groups is 2. The molecule has 0 aromatic heterocycles. The van der Waals surface area contributed by atoms with E-state index in [1.54, 1.807) is 0 Å². The summed E-state index contributed by atoms with van der Waals surface area (Å²) in [5, 5.41) is 10.6. The van der Waals surface area contributed by atoms with E-state index in [2.05, 4.69) is 48.5 Å². The van der Waals surface area contributed by atoms with Gasteiger partial charge in [0.1, 0.15) is 19.3 Å². The second-order valence-corrected chi connectivity index (χ2v) is 30.8. The summed E-state index contributed by atoms with van der Waals surface area (Å²) < 4.78 is 68.2. The molecule has 3 N–H and O–H groups in total. The second kappa shape index (κ2) is 64.7. The average Bonchev–Trinajstić information content (AvgIpc) is 2.01. The number of phosphoric ester groups is 2. The Kier molecular flexibility index (Phi) is 63.4. The molecular weight excluding hydrogens is 1220 g/mol. The van der Waals surface area contributed by atoms with Crippen molar-refractivity contribution in [2.75, 3.05) is 39.6 Å². The highest BCUT2D eigenvalue weighted by molar-refractivity contribution is 7.47. The molecule has 0 heterocycles. The van der Waals surface area contributed by atoms with Crippen LogP contribution >= 0.6 is 15.6 Å². The van der Waals surface area contributed by atoms with E-state index in [9.17, 15) is 43.2 Å². The summed E-state index contributed by atoms with van der Waals surface area (Å²) >= 11 is 0. The summed E-state index contributed by atoms with van der Waals surface area (Å²) in [6, 6.07) is 0. The predicted molar refractivity (Wildman–Crippen MR) is 377 cm³/mol. The van der Waals surface area contributed by atoms with Gasteiger partial charge < -0.3 is 33.8 Å². The fraction of sp³-hybridized carbons (Fsp3) is 0.946. The summed E-state index contributed by atoms with van der Waals surface area (Å²) in [6.07, 6.45) is 50.4. The van der Waals surface area contributed by atoms with Crippen LogP contribution in [0.25, 0.3) is 0 Å². The number of rotatable bonds is 72. The Balaban J connectivity index is 5.13. The Labute approximate surface area is 568 Å². The standard InChI is InChI=1S/C74H144O17P2/c1-8-10-11-38-48-55-71(76)84-61-69(90-73(78)58-51-44-37-31-24-22-27-33-40-46-53-66(5)6)63-88-92(80,81)86-59-68(75)60-87-93(82,83)89-64-70(62-85-72(77)56-49-42-35-29-25-23-28-34-41-47-54-67(7)9-2)91-74(79)57-50-43-36-30-21-19-17-15-13-12-14-16-18-20-26-32-39-45-52-65(3)4/h65-70,75H,8-64H2,1-7H3,(H,80,81)(H,82,83)/t67?,68-,69+,70+/m0/s1. The van der Waals surface area contributed by atoms with Crippen LogP contribution in [0.15, 0.2) is 0 Å². The second-order valence-electron chi connectivity index (χ2n) is 27.9. The molecule has 0 aliphatic rings. The first-order valence-electron chi connectivity index (χ1n) is 38.4. The number of unbranched alkanes of at least 4 members (excludes halogenated alkanes) is 39. The van der Waals surface area contributed by atoms with Crippen molar-refractivity contribution >= 4 is 39.5 Å². The lowest BCUT2D eigenvalue weighted by Crippen LogP contribution is -2.30. The van der Waals surface area contributed by atoms with Gasteiger partial charge in [-0.1, -0.05) is 325 Å². The van der Waals surface area contributed by atoms with Crippen molar-refractivity contribution in [2.45, 2.75) is 394 Å². The molecule has 0 rings (SSSR count). The molecule has 0 fully saturated rings. The summed E-state index contributed by atoms with van der Waals surface area (Å²) in [7, 11) is -9.90. The molecule has 19 heteroatoms. The van der Waals surface area contributed by atoms with E-state index >= 15 is 0 Å². The van der Waals surface area contributed by atoms with E-state index in [1.807, 2.05) is 0 Å². The van der Waals surface area contributed by atoms with E-state index in [0.717, 1.165) is 114 Å². The van der Waals surface area contributed by atoms with E-state index in [-0.39, 0.29) is 25.7 Å². The SMILES string of the molecule is CCCCCCCC(=O)OC[C@H](COP(=O)(O)OC[C@H](O)COP(=O)(O)OC[C@@H](COC(=O)CCCCCCCCCCCCC(C)CC)OC(=O)CCCCCCCCCCCCCCCCCCCCC(C)C)OC(=O)CCCCCCCCCCCCC(C)C. The largest absolute Gasteiger partial charge is 0.472 e. The molecule has 17 nitrogen and oxygen atoms in total. The molecule has 0 radical (unpaired) electrons. The third kappa shape index (κ3) is 67.0. The van der Waals surface area contributed by atoms with Crippen LogP contribution in [-0.4, -0.2) is 96.7 Å². The molecule has 6 atom stereocenters. The van der Waals surface area contributed by atoms with Gasteiger partial charge in [0.25, 0.3) is 0 Å². The first-order valence-corrected chi connectivity index (χ1v) is 41.4. The summed E-state index contributed by atoms with van der Waals surface area (Å²) in [6.45, 7) is 11.8. The molecule has 93 heavy (non-hydrogen) atoms. The molecule has 0 spiro atoms. The Hall–Kier alpha value is -1.94. The van der Waals surface area contributed by atoms with Crippen LogP contribution in [0.1, 0.15) is 376 Å². The Morgan fingerprint density at radius 1 is 0.312 bits per heavy atom. The normalized spacial score (nSPS) is 14.4. The molecule has 0 saturated carbocycles. The minimum Gasteiger partial charge on any atom is -0.462 e. The third-order valence-corrected chi connectivity index (χ3v) is 19.4. The van der Waals surface area contributed by atoms with Gasteiger partial charge in [-0.3, -0.25) is 37.3 Å². The third-order valence-electron chi connectivity index (χ3n) is 17.5. The number of carbonyl (C=O) groups is 4. The van der Waals surface area contributed by atoms with E-state index < -0.39 is 97.5 Å². The molecule has 0 aliphatic heterocycles. The maximum absolute atomic E-state index is 13.1. The molecule has 0 aromatic rings. The van der Waals surface area contributed by atoms with Crippen LogP contribution in [0.3, 0.4) is 0 Å². The maximum Gasteiger partial charge on any atom is 0.472 e. The zero-order valence-corrected chi connectivity index (χ0v) is 62.5. The van der Waals surface area contributed by atoms with Crippen molar-refractivity contribution in [2.24, 2.45) is 17.8 Å². The van der Waals surface area contributed by atoms with Crippen molar-refractivity contribution in [1.82, 2.24) is 0 Å². The number of hydrogen-bond acceptors (Lipinski definition) is 15. The smallest absolute Gasteiger partial charge is 0.462 e. The molecule has 0 bridgehead atoms. The van der Waals surface area contributed by atoms with Crippen LogP contribution in [0.2, 0.25) is 0 Å². The highest BCUT2D eigenvalue weighted by Crippen LogP contribution is 2.45. The minimum atomic E-state index is -4.95. The lowest BCUT2D eigenvalue weighted by atomic mass is 9.99. The lowest BCUT2D eigenvalue weighted by Gasteiger charge is -2.21. The molecule has 0 aliphatic carbocycles. The molecular formula is C74H144O17P2. The fourth-order valence-corrected chi connectivity index (χ4v) is 12.8. The van der Waals surface area contributed by atoms with Crippen LogP contribution in [0.4, 0.5) is 0 Å². The lowest BCUT2D eigenvalue weighted by molar-refractivity contribution is -0.161. The van der Waals surface area contributed by atoms with Gasteiger partial charge in [0.05, 0.1) is 26.4 Å².